The number of thiophene rings is 1. The minimum absolute atomic E-state index is 0.599. The third-order valence-electron chi connectivity index (χ3n) is 3.29. The van der Waals surface area contributed by atoms with Crippen LogP contribution in [-0.2, 0) is 6.54 Å². The predicted molar refractivity (Wildman–Crippen MR) is 93.9 cm³/mol. The number of benzene rings is 1. The van der Waals surface area contributed by atoms with E-state index in [-0.39, 0.29) is 0 Å². The number of nitrogens with zero attached hydrogens (tertiary/aromatic N) is 1. The molecule has 0 saturated heterocycles. The van der Waals surface area contributed by atoms with Gasteiger partial charge in [0.25, 0.3) is 0 Å². The standard InChI is InChI=1S/C17H23N3OS/c1-13-4-6-15(7-5-13)21-10-9-19-17(18-3)20-12-16-14(2)8-11-22-16/h4-8,11H,9-10,12H2,1-3H3,(H2,18,19,20). The Balaban J connectivity index is 1.68. The maximum absolute atomic E-state index is 5.68. The Morgan fingerprint density at radius 2 is 1.91 bits per heavy atom. The number of hydrogen-bond donors (Lipinski definition) is 2. The summed E-state index contributed by atoms with van der Waals surface area (Å²) in [7, 11) is 1.78. The van der Waals surface area contributed by atoms with Gasteiger partial charge in [0, 0.05) is 11.9 Å². The summed E-state index contributed by atoms with van der Waals surface area (Å²) in [5.41, 5.74) is 2.55. The SMILES string of the molecule is CN=C(NCCOc1ccc(C)cc1)NCc1sccc1C. The van der Waals surface area contributed by atoms with Crippen molar-refractivity contribution in [3.05, 3.63) is 51.7 Å². The van der Waals surface area contributed by atoms with Crippen LogP contribution in [0.1, 0.15) is 16.0 Å². The van der Waals surface area contributed by atoms with Crippen LogP contribution < -0.4 is 15.4 Å². The molecule has 0 saturated carbocycles. The van der Waals surface area contributed by atoms with Crippen molar-refractivity contribution in [1.29, 1.82) is 0 Å². The van der Waals surface area contributed by atoms with Crippen molar-refractivity contribution >= 4 is 17.3 Å². The van der Waals surface area contributed by atoms with E-state index in [0.29, 0.717) is 13.2 Å². The number of aliphatic imine (C=N–C) groups is 1. The van der Waals surface area contributed by atoms with Crippen LogP contribution in [0.3, 0.4) is 0 Å². The Kier molecular flexibility index (Phi) is 6.27. The van der Waals surface area contributed by atoms with E-state index in [9.17, 15) is 0 Å². The van der Waals surface area contributed by atoms with Gasteiger partial charge in [-0.05, 0) is 43.0 Å². The first-order valence-electron chi connectivity index (χ1n) is 7.36. The molecule has 0 amide bonds. The molecule has 0 fully saturated rings. The van der Waals surface area contributed by atoms with Gasteiger partial charge in [0.05, 0.1) is 13.1 Å². The molecule has 22 heavy (non-hydrogen) atoms. The van der Waals surface area contributed by atoms with E-state index in [1.807, 2.05) is 24.3 Å². The second-order valence-electron chi connectivity index (χ2n) is 5.04. The summed E-state index contributed by atoms with van der Waals surface area (Å²) < 4.78 is 5.68. The summed E-state index contributed by atoms with van der Waals surface area (Å²) in [6, 6.07) is 10.2. The second-order valence-corrected chi connectivity index (χ2v) is 6.04. The van der Waals surface area contributed by atoms with Crippen molar-refractivity contribution in [3.8, 4) is 5.75 Å². The van der Waals surface area contributed by atoms with Crippen LogP contribution in [0.5, 0.6) is 5.75 Å². The van der Waals surface area contributed by atoms with Gasteiger partial charge in [0.15, 0.2) is 5.96 Å². The molecule has 0 aliphatic rings. The summed E-state index contributed by atoms with van der Waals surface area (Å²) in [5, 5.41) is 8.67. The van der Waals surface area contributed by atoms with Gasteiger partial charge < -0.3 is 15.4 Å². The van der Waals surface area contributed by atoms with Gasteiger partial charge in [0.2, 0.25) is 0 Å². The number of rotatable bonds is 6. The maximum Gasteiger partial charge on any atom is 0.191 e. The van der Waals surface area contributed by atoms with Gasteiger partial charge in [-0.25, -0.2) is 0 Å². The fourth-order valence-corrected chi connectivity index (χ4v) is 2.79. The molecule has 1 heterocycles. The van der Waals surface area contributed by atoms with Crippen LogP contribution in [0.25, 0.3) is 0 Å². The zero-order chi connectivity index (χ0) is 15.8. The highest BCUT2D eigenvalue weighted by atomic mass is 32.1. The molecule has 2 aromatic rings. The first-order chi connectivity index (χ1) is 10.7. The maximum atomic E-state index is 5.68. The van der Waals surface area contributed by atoms with Crippen molar-refractivity contribution in [2.24, 2.45) is 4.99 Å². The molecule has 0 aliphatic heterocycles. The highest BCUT2D eigenvalue weighted by molar-refractivity contribution is 7.10. The average Bonchev–Trinajstić information content (AvgIpc) is 2.93. The smallest absolute Gasteiger partial charge is 0.191 e. The van der Waals surface area contributed by atoms with Gasteiger partial charge in [-0.3, -0.25) is 4.99 Å². The first-order valence-corrected chi connectivity index (χ1v) is 8.24. The Bertz CT molecular complexity index is 605. The fourth-order valence-electron chi connectivity index (χ4n) is 1.94. The second kappa shape index (κ2) is 8.44. The number of hydrogen-bond acceptors (Lipinski definition) is 3. The minimum atomic E-state index is 0.599. The normalized spacial score (nSPS) is 11.3. The lowest BCUT2D eigenvalue weighted by atomic mass is 10.2. The topological polar surface area (TPSA) is 45.7 Å². The third kappa shape index (κ3) is 5.07. The number of nitrogens with one attached hydrogen (secondary N) is 2. The van der Waals surface area contributed by atoms with Crippen LogP contribution in [0, 0.1) is 13.8 Å². The van der Waals surface area contributed by atoms with Crippen molar-refractivity contribution in [2.45, 2.75) is 20.4 Å². The molecule has 2 N–H and O–H groups in total. The van der Waals surface area contributed by atoms with Crippen molar-refractivity contribution in [3.63, 3.8) is 0 Å². The Labute approximate surface area is 136 Å². The molecule has 118 valence electrons. The highest BCUT2D eigenvalue weighted by Crippen LogP contribution is 2.14. The van der Waals surface area contributed by atoms with E-state index in [1.54, 1.807) is 18.4 Å². The van der Waals surface area contributed by atoms with Gasteiger partial charge >= 0.3 is 0 Å². The number of guanidine groups is 1. The van der Waals surface area contributed by atoms with Gasteiger partial charge in [-0.1, -0.05) is 17.7 Å². The Morgan fingerprint density at radius 3 is 2.55 bits per heavy atom. The summed E-state index contributed by atoms with van der Waals surface area (Å²) >= 11 is 1.76. The summed E-state index contributed by atoms with van der Waals surface area (Å²) in [4.78, 5) is 5.55. The van der Waals surface area contributed by atoms with Crippen LogP contribution in [0.4, 0.5) is 0 Å². The van der Waals surface area contributed by atoms with E-state index < -0.39 is 0 Å². The Morgan fingerprint density at radius 1 is 1.14 bits per heavy atom. The van der Waals surface area contributed by atoms with Crippen LogP contribution in [0.2, 0.25) is 0 Å². The van der Waals surface area contributed by atoms with Gasteiger partial charge in [0.1, 0.15) is 12.4 Å². The summed E-state index contributed by atoms with van der Waals surface area (Å²) in [6.45, 7) is 6.29. The summed E-state index contributed by atoms with van der Waals surface area (Å²) in [5.74, 6) is 1.69. The molecule has 0 radical (unpaired) electrons. The lowest BCUT2D eigenvalue weighted by Crippen LogP contribution is -2.38. The third-order valence-corrected chi connectivity index (χ3v) is 4.32. The molecule has 0 aliphatic carbocycles. The van der Waals surface area contributed by atoms with Gasteiger partial charge in [-0.15, -0.1) is 11.3 Å². The molecule has 0 bridgehead atoms. The molecule has 0 spiro atoms. The van der Waals surface area contributed by atoms with E-state index in [1.165, 1.54) is 16.0 Å². The largest absolute Gasteiger partial charge is 0.492 e. The molecule has 1 aromatic carbocycles. The zero-order valence-corrected chi connectivity index (χ0v) is 14.2. The van der Waals surface area contributed by atoms with Crippen LogP contribution in [0.15, 0.2) is 40.7 Å². The minimum Gasteiger partial charge on any atom is -0.492 e. The molecule has 2 rings (SSSR count). The van der Waals surface area contributed by atoms with Crippen LogP contribution >= 0.6 is 11.3 Å². The molecular weight excluding hydrogens is 294 g/mol. The van der Waals surface area contributed by atoms with E-state index in [2.05, 4.69) is 40.9 Å². The number of ether oxygens (including phenoxy) is 1. The zero-order valence-electron chi connectivity index (χ0n) is 13.3. The van der Waals surface area contributed by atoms with E-state index in [4.69, 9.17) is 4.74 Å². The van der Waals surface area contributed by atoms with Crippen molar-refractivity contribution < 1.29 is 4.74 Å². The van der Waals surface area contributed by atoms with E-state index >= 15 is 0 Å². The molecule has 5 heteroatoms. The molecule has 4 nitrogen and oxygen atoms in total. The van der Waals surface area contributed by atoms with Gasteiger partial charge in [-0.2, -0.15) is 0 Å². The quantitative estimate of drug-likeness (QED) is 0.489. The summed E-state index contributed by atoms with van der Waals surface area (Å²) in [6.07, 6.45) is 0. The number of aryl methyl sites for hydroxylation is 2. The first kappa shape index (κ1) is 16.4. The van der Waals surface area contributed by atoms with Crippen molar-refractivity contribution in [2.75, 3.05) is 20.2 Å². The van der Waals surface area contributed by atoms with E-state index in [0.717, 1.165) is 18.3 Å². The predicted octanol–water partition coefficient (Wildman–Crippen LogP) is 3.11. The molecule has 0 unspecified atom stereocenters. The molecule has 0 atom stereocenters. The van der Waals surface area contributed by atoms with Crippen molar-refractivity contribution in [1.82, 2.24) is 10.6 Å². The fraction of sp³-hybridized carbons (Fsp3) is 0.353. The molecule has 1 aromatic heterocycles. The lowest BCUT2D eigenvalue weighted by molar-refractivity contribution is 0.322. The average molecular weight is 317 g/mol. The molecular formula is C17H23N3OS. The Hall–Kier alpha value is -2.01. The highest BCUT2D eigenvalue weighted by Gasteiger charge is 2.02. The lowest BCUT2D eigenvalue weighted by Gasteiger charge is -2.12. The van der Waals surface area contributed by atoms with Crippen LogP contribution in [-0.4, -0.2) is 26.2 Å². The monoisotopic (exact) mass is 317 g/mol.